The number of fused-ring (bicyclic) bond motifs is 1. The van der Waals surface area contributed by atoms with Gasteiger partial charge in [-0.2, -0.15) is 0 Å². The van der Waals surface area contributed by atoms with Crippen LogP contribution in [0.15, 0.2) is 48.8 Å². The molecule has 0 atom stereocenters. The highest BCUT2D eigenvalue weighted by molar-refractivity contribution is 5.77. The van der Waals surface area contributed by atoms with E-state index in [9.17, 15) is 0 Å². The number of anilines is 3. The Balaban J connectivity index is 1.27. The van der Waals surface area contributed by atoms with Gasteiger partial charge in [-0.25, -0.2) is 23.1 Å². The molecule has 2 aliphatic heterocycles. The first-order chi connectivity index (χ1) is 21.4. The SMILES string of the molecule is CN(C)C1CCN(c2ccc(Cc3ncc(F)c(-c4cc(F)c5c(c4)N(c4cc(C(C)(C)C)n(C)c4)CCO5)n3)cc2F)CC1. The highest BCUT2D eigenvalue weighted by Crippen LogP contribution is 2.43. The lowest BCUT2D eigenvalue weighted by Crippen LogP contribution is -2.42. The van der Waals surface area contributed by atoms with Gasteiger partial charge in [0.05, 0.1) is 29.8 Å². The Kier molecular flexibility index (Phi) is 8.28. The molecule has 6 rings (SSSR count). The van der Waals surface area contributed by atoms with Crippen LogP contribution in [0.25, 0.3) is 11.3 Å². The maximum Gasteiger partial charge on any atom is 0.178 e. The van der Waals surface area contributed by atoms with Gasteiger partial charge in [-0.3, -0.25) is 0 Å². The van der Waals surface area contributed by atoms with Gasteiger partial charge in [0.15, 0.2) is 17.4 Å². The lowest BCUT2D eigenvalue weighted by atomic mass is 9.92. The molecule has 2 aromatic heterocycles. The fraction of sp³-hybridized carbons (Fsp3) is 0.429. The number of rotatable bonds is 6. The molecule has 0 spiro atoms. The standard InChI is InChI=1S/C35H41F3N6O/c1-35(2,3)31-19-25(21-42(31)6)44-13-14-45-34-27(37)17-23(18-30(34)44)33-28(38)20-39-32(40-33)16-22-7-8-29(26(36)15-22)43-11-9-24(10-12-43)41(4)5/h7-8,15,17-21,24H,9-14,16H2,1-6H3. The van der Waals surface area contributed by atoms with Crippen molar-refractivity contribution < 1.29 is 17.9 Å². The van der Waals surface area contributed by atoms with Crippen LogP contribution >= 0.6 is 0 Å². The fourth-order valence-corrected chi connectivity index (χ4v) is 6.54. The largest absolute Gasteiger partial charge is 0.486 e. The number of piperidine rings is 1. The van der Waals surface area contributed by atoms with Crippen LogP contribution in [0, 0.1) is 17.5 Å². The van der Waals surface area contributed by atoms with Crippen molar-refractivity contribution in [3.63, 3.8) is 0 Å². The van der Waals surface area contributed by atoms with Crippen LogP contribution in [0.5, 0.6) is 5.75 Å². The van der Waals surface area contributed by atoms with E-state index in [1.165, 1.54) is 12.1 Å². The highest BCUT2D eigenvalue weighted by atomic mass is 19.1. The van der Waals surface area contributed by atoms with Crippen molar-refractivity contribution in [2.24, 2.45) is 7.05 Å². The molecule has 2 aliphatic rings. The maximum absolute atomic E-state index is 15.5. The molecule has 4 heterocycles. The van der Waals surface area contributed by atoms with Gasteiger partial charge in [-0.05, 0) is 62.8 Å². The van der Waals surface area contributed by atoms with Crippen LogP contribution in [0.3, 0.4) is 0 Å². The zero-order chi connectivity index (χ0) is 32.0. The molecule has 0 radical (unpaired) electrons. The summed E-state index contributed by atoms with van der Waals surface area (Å²) in [6, 6.07) is 10.7. The minimum absolute atomic E-state index is 0.0171. The first-order valence-electron chi connectivity index (χ1n) is 15.5. The van der Waals surface area contributed by atoms with Crippen molar-refractivity contribution >= 4 is 17.1 Å². The maximum atomic E-state index is 15.5. The van der Waals surface area contributed by atoms with Crippen molar-refractivity contribution in [1.29, 1.82) is 0 Å². The topological polar surface area (TPSA) is 49.7 Å². The predicted octanol–water partition coefficient (Wildman–Crippen LogP) is 6.85. The summed E-state index contributed by atoms with van der Waals surface area (Å²) in [4.78, 5) is 15.0. The van der Waals surface area contributed by atoms with Gasteiger partial charge in [0, 0.05) is 55.5 Å². The minimum atomic E-state index is -0.668. The van der Waals surface area contributed by atoms with Crippen LogP contribution in [0.1, 0.15) is 50.7 Å². The summed E-state index contributed by atoms with van der Waals surface area (Å²) in [6.07, 6.45) is 5.28. The fourth-order valence-electron chi connectivity index (χ4n) is 6.54. The van der Waals surface area contributed by atoms with E-state index in [0.29, 0.717) is 42.0 Å². The summed E-state index contributed by atoms with van der Waals surface area (Å²) >= 11 is 0. The molecule has 0 amide bonds. The number of benzene rings is 2. The zero-order valence-electron chi connectivity index (χ0n) is 26.9. The van der Waals surface area contributed by atoms with Crippen LogP contribution < -0.4 is 14.5 Å². The molecular weight excluding hydrogens is 577 g/mol. The lowest BCUT2D eigenvalue weighted by molar-refractivity contribution is 0.249. The number of halogens is 3. The molecule has 0 aliphatic carbocycles. The Morgan fingerprint density at radius 1 is 0.933 bits per heavy atom. The third-order valence-electron chi connectivity index (χ3n) is 8.92. The van der Waals surface area contributed by atoms with Crippen molar-refractivity contribution in [3.8, 4) is 17.0 Å². The Labute approximate surface area is 263 Å². The van der Waals surface area contributed by atoms with Crippen LogP contribution in [-0.2, 0) is 18.9 Å². The Morgan fingerprint density at radius 2 is 1.69 bits per heavy atom. The number of ether oxygens (including phenoxy) is 1. The summed E-state index contributed by atoms with van der Waals surface area (Å²) in [7, 11) is 6.15. The average molecular weight is 619 g/mol. The van der Waals surface area contributed by atoms with Gasteiger partial charge in [0.25, 0.3) is 0 Å². The summed E-state index contributed by atoms with van der Waals surface area (Å²) < 4.78 is 53.7. The molecule has 238 valence electrons. The van der Waals surface area contributed by atoms with E-state index in [0.717, 1.165) is 43.5 Å². The molecule has 0 saturated carbocycles. The molecule has 4 aromatic rings. The summed E-state index contributed by atoms with van der Waals surface area (Å²) in [5.74, 6) is -1.12. The molecule has 0 unspecified atom stereocenters. The third-order valence-corrected chi connectivity index (χ3v) is 8.92. The van der Waals surface area contributed by atoms with Gasteiger partial charge in [-0.15, -0.1) is 0 Å². The molecule has 0 bridgehead atoms. The summed E-state index contributed by atoms with van der Waals surface area (Å²) in [5.41, 5.74) is 3.98. The minimum Gasteiger partial charge on any atom is -0.486 e. The first-order valence-corrected chi connectivity index (χ1v) is 15.5. The molecule has 1 fully saturated rings. The normalized spacial score (nSPS) is 15.9. The first kappa shape index (κ1) is 31.0. The van der Waals surface area contributed by atoms with Crippen molar-refractivity contribution in [2.75, 3.05) is 50.1 Å². The second-order valence-electron chi connectivity index (χ2n) is 13.4. The molecule has 2 aromatic carbocycles. The van der Waals surface area contributed by atoms with Gasteiger partial charge in [-0.1, -0.05) is 26.8 Å². The summed E-state index contributed by atoms with van der Waals surface area (Å²) in [6.45, 7) is 8.85. The number of hydrogen-bond acceptors (Lipinski definition) is 6. The van der Waals surface area contributed by atoms with Gasteiger partial charge in [0.1, 0.15) is 23.9 Å². The van der Waals surface area contributed by atoms with Gasteiger partial charge >= 0.3 is 0 Å². The zero-order valence-corrected chi connectivity index (χ0v) is 26.9. The van der Waals surface area contributed by atoms with Crippen LogP contribution in [-0.4, -0.2) is 65.8 Å². The second-order valence-corrected chi connectivity index (χ2v) is 13.4. The average Bonchev–Trinajstić information content (AvgIpc) is 3.40. The van der Waals surface area contributed by atoms with Crippen molar-refractivity contribution in [3.05, 3.63) is 83.3 Å². The molecule has 10 heteroatoms. The van der Waals surface area contributed by atoms with E-state index in [1.807, 2.05) is 24.2 Å². The summed E-state index contributed by atoms with van der Waals surface area (Å²) in [5, 5.41) is 0. The van der Waals surface area contributed by atoms with Crippen molar-refractivity contribution in [1.82, 2.24) is 19.4 Å². The smallest absolute Gasteiger partial charge is 0.178 e. The van der Waals surface area contributed by atoms with Crippen LogP contribution in [0.2, 0.25) is 0 Å². The van der Waals surface area contributed by atoms with Crippen molar-refractivity contribution in [2.45, 2.75) is 51.5 Å². The quantitative estimate of drug-likeness (QED) is 0.236. The molecular formula is C35H41F3N6O. The highest BCUT2D eigenvalue weighted by Gasteiger charge is 2.28. The second kappa shape index (κ2) is 12.0. The molecule has 7 nitrogen and oxygen atoms in total. The molecule has 1 saturated heterocycles. The number of aromatic nitrogens is 3. The Morgan fingerprint density at radius 3 is 2.36 bits per heavy atom. The van der Waals surface area contributed by atoms with E-state index < -0.39 is 11.6 Å². The van der Waals surface area contributed by atoms with Gasteiger partial charge < -0.3 is 24.0 Å². The predicted molar refractivity (Wildman–Crippen MR) is 172 cm³/mol. The third kappa shape index (κ3) is 6.25. The van der Waals surface area contributed by atoms with E-state index in [-0.39, 0.29) is 34.7 Å². The number of hydrogen-bond donors (Lipinski definition) is 0. The molecule has 45 heavy (non-hydrogen) atoms. The van der Waals surface area contributed by atoms with E-state index in [2.05, 4.69) is 65.3 Å². The Hall–Kier alpha value is -4.05. The van der Waals surface area contributed by atoms with E-state index in [4.69, 9.17) is 4.74 Å². The van der Waals surface area contributed by atoms with Crippen LogP contribution in [0.4, 0.5) is 30.2 Å². The lowest BCUT2D eigenvalue weighted by Gasteiger charge is -2.36. The number of aryl methyl sites for hydroxylation is 1. The monoisotopic (exact) mass is 618 g/mol. The molecule has 0 N–H and O–H groups in total. The number of nitrogens with zero attached hydrogens (tertiary/aromatic N) is 6. The van der Waals surface area contributed by atoms with E-state index in [1.54, 1.807) is 12.1 Å². The van der Waals surface area contributed by atoms with Gasteiger partial charge in [0.2, 0.25) is 0 Å². The Bertz CT molecular complexity index is 1700. The van der Waals surface area contributed by atoms with E-state index >= 15 is 13.2 Å².